The third kappa shape index (κ3) is 5.16. The van der Waals surface area contributed by atoms with Crippen LogP contribution in [0.2, 0.25) is 5.02 Å². The number of hydrogen-bond donors (Lipinski definition) is 0. The zero-order valence-corrected chi connectivity index (χ0v) is 19.9. The van der Waals surface area contributed by atoms with Gasteiger partial charge in [-0.2, -0.15) is 0 Å². The average molecular weight is 484 g/mol. The average Bonchev–Trinajstić information content (AvgIpc) is 3.32. The van der Waals surface area contributed by atoms with Gasteiger partial charge < -0.3 is 4.74 Å². The summed E-state index contributed by atoms with van der Waals surface area (Å²) in [6.45, 7) is 0.416. The van der Waals surface area contributed by atoms with Gasteiger partial charge in [-0.3, -0.25) is 4.57 Å². The fourth-order valence-corrected chi connectivity index (χ4v) is 4.66. The maximum atomic E-state index is 6.24. The molecule has 0 saturated carbocycles. The molecule has 0 aliphatic heterocycles. The van der Waals surface area contributed by atoms with E-state index in [4.69, 9.17) is 16.3 Å². The maximum absolute atomic E-state index is 6.24. The van der Waals surface area contributed by atoms with E-state index in [1.807, 2.05) is 72.8 Å². The lowest BCUT2D eigenvalue weighted by atomic mass is 10.2. The van der Waals surface area contributed by atoms with Crippen LogP contribution in [0.25, 0.3) is 17.1 Å². The molecular weight excluding hydrogens is 462 g/mol. The molecule has 0 amide bonds. The molecule has 34 heavy (non-hydrogen) atoms. The Morgan fingerprint density at radius 3 is 2.15 bits per heavy atom. The van der Waals surface area contributed by atoms with Crippen LogP contribution < -0.4 is 4.74 Å². The first-order chi connectivity index (χ1) is 16.8. The van der Waals surface area contributed by atoms with Crippen molar-refractivity contribution in [2.75, 3.05) is 0 Å². The minimum Gasteiger partial charge on any atom is -0.489 e. The van der Waals surface area contributed by atoms with E-state index < -0.39 is 0 Å². The topological polar surface area (TPSA) is 39.9 Å². The van der Waals surface area contributed by atoms with Gasteiger partial charge >= 0.3 is 0 Å². The van der Waals surface area contributed by atoms with Gasteiger partial charge in [-0.25, -0.2) is 0 Å². The molecule has 4 aromatic carbocycles. The van der Waals surface area contributed by atoms with Crippen LogP contribution in [0.1, 0.15) is 11.1 Å². The highest BCUT2D eigenvalue weighted by atomic mass is 35.5. The summed E-state index contributed by atoms with van der Waals surface area (Å²) in [6, 6.07) is 36.2. The van der Waals surface area contributed by atoms with E-state index in [0.29, 0.717) is 11.6 Å². The van der Waals surface area contributed by atoms with Crippen LogP contribution in [0.5, 0.6) is 5.75 Å². The molecule has 0 fully saturated rings. The van der Waals surface area contributed by atoms with Gasteiger partial charge in [-0.05, 0) is 48.0 Å². The molecule has 0 atom stereocenters. The molecule has 5 aromatic rings. The van der Waals surface area contributed by atoms with Gasteiger partial charge in [-0.1, -0.05) is 90.1 Å². The van der Waals surface area contributed by atoms with Crippen molar-refractivity contribution in [1.82, 2.24) is 14.8 Å². The van der Waals surface area contributed by atoms with Crippen LogP contribution in [0.15, 0.2) is 114 Å². The molecule has 1 aromatic heterocycles. The number of thioether (sulfide) groups is 1. The van der Waals surface area contributed by atoms with Gasteiger partial charge in [0.05, 0.1) is 0 Å². The Balaban J connectivity index is 1.39. The normalized spacial score (nSPS) is 10.9. The standard InChI is InChI=1S/C28H22ClN3OS/c29-26-14-8-7-11-23(26)19-33-25-17-15-22(16-18-25)27-30-31-28(32(27)24-12-5-2-6-13-24)34-20-21-9-3-1-4-10-21/h1-18H,19-20H2. The van der Waals surface area contributed by atoms with E-state index in [-0.39, 0.29) is 0 Å². The van der Waals surface area contributed by atoms with E-state index in [0.717, 1.165) is 39.3 Å². The van der Waals surface area contributed by atoms with Crippen molar-refractivity contribution in [3.63, 3.8) is 0 Å². The van der Waals surface area contributed by atoms with Crippen LogP contribution in [0, 0.1) is 0 Å². The predicted octanol–water partition coefficient (Wildman–Crippen LogP) is 7.46. The number of rotatable bonds is 8. The van der Waals surface area contributed by atoms with Gasteiger partial charge in [-0.15, -0.1) is 10.2 Å². The lowest BCUT2D eigenvalue weighted by molar-refractivity contribution is 0.306. The van der Waals surface area contributed by atoms with Gasteiger partial charge in [0.15, 0.2) is 11.0 Å². The minimum absolute atomic E-state index is 0.416. The molecule has 0 saturated heterocycles. The number of aromatic nitrogens is 3. The molecule has 6 heteroatoms. The van der Waals surface area contributed by atoms with Crippen LogP contribution >= 0.6 is 23.4 Å². The van der Waals surface area contributed by atoms with Gasteiger partial charge in [0.25, 0.3) is 0 Å². The molecule has 0 unspecified atom stereocenters. The molecule has 0 aliphatic carbocycles. The Labute approximate surface area is 208 Å². The minimum atomic E-state index is 0.416. The van der Waals surface area contributed by atoms with Crippen molar-refractivity contribution in [3.8, 4) is 22.8 Å². The molecule has 168 valence electrons. The smallest absolute Gasteiger partial charge is 0.196 e. The molecule has 5 rings (SSSR count). The van der Waals surface area contributed by atoms with Crippen molar-refractivity contribution < 1.29 is 4.74 Å². The lowest BCUT2D eigenvalue weighted by Gasteiger charge is -2.11. The van der Waals surface area contributed by atoms with Gasteiger partial charge in [0.2, 0.25) is 0 Å². The molecule has 1 heterocycles. The SMILES string of the molecule is Clc1ccccc1COc1ccc(-c2nnc(SCc3ccccc3)n2-c2ccccc2)cc1. The second-order valence-corrected chi connectivity index (χ2v) is 9.01. The first kappa shape index (κ1) is 22.3. The van der Waals surface area contributed by atoms with Crippen molar-refractivity contribution in [1.29, 1.82) is 0 Å². The van der Waals surface area contributed by atoms with Crippen LogP contribution in [-0.2, 0) is 12.4 Å². The first-order valence-corrected chi connectivity index (χ1v) is 12.3. The Hall–Kier alpha value is -3.54. The summed E-state index contributed by atoms with van der Waals surface area (Å²) in [5.41, 5.74) is 4.19. The molecule has 0 radical (unpaired) electrons. The molecular formula is C28H22ClN3OS. The summed E-state index contributed by atoms with van der Waals surface area (Å²) < 4.78 is 8.04. The number of ether oxygens (including phenoxy) is 1. The van der Waals surface area contributed by atoms with E-state index in [1.54, 1.807) is 11.8 Å². The van der Waals surface area contributed by atoms with Crippen LogP contribution in [0.3, 0.4) is 0 Å². The molecule has 4 nitrogen and oxygen atoms in total. The highest BCUT2D eigenvalue weighted by Gasteiger charge is 2.16. The van der Waals surface area contributed by atoms with Crippen LogP contribution in [0.4, 0.5) is 0 Å². The number of halogens is 1. The highest BCUT2D eigenvalue weighted by molar-refractivity contribution is 7.98. The summed E-state index contributed by atoms with van der Waals surface area (Å²) in [4.78, 5) is 0. The molecule has 0 aliphatic rings. The lowest BCUT2D eigenvalue weighted by Crippen LogP contribution is -2.00. The molecule has 0 N–H and O–H groups in total. The zero-order chi connectivity index (χ0) is 23.2. The Bertz CT molecular complexity index is 1360. The first-order valence-electron chi connectivity index (χ1n) is 10.9. The zero-order valence-electron chi connectivity index (χ0n) is 18.3. The molecule has 0 bridgehead atoms. The summed E-state index contributed by atoms with van der Waals surface area (Å²) >= 11 is 7.91. The van der Waals surface area contributed by atoms with Crippen LogP contribution in [-0.4, -0.2) is 14.8 Å². The number of nitrogens with zero attached hydrogens (tertiary/aromatic N) is 3. The summed E-state index contributed by atoms with van der Waals surface area (Å²) in [5.74, 6) is 2.38. The summed E-state index contributed by atoms with van der Waals surface area (Å²) in [7, 11) is 0. The largest absolute Gasteiger partial charge is 0.489 e. The van der Waals surface area contributed by atoms with Crippen molar-refractivity contribution in [3.05, 3.63) is 125 Å². The summed E-state index contributed by atoms with van der Waals surface area (Å²) in [5, 5.41) is 10.6. The number of para-hydroxylation sites is 1. The third-order valence-electron chi connectivity index (χ3n) is 5.32. The second kappa shape index (κ2) is 10.6. The Morgan fingerprint density at radius 2 is 1.41 bits per heavy atom. The number of hydrogen-bond acceptors (Lipinski definition) is 4. The van der Waals surface area contributed by atoms with E-state index in [9.17, 15) is 0 Å². The maximum Gasteiger partial charge on any atom is 0.196 e. The van der Waals surface area contributed by atoms with E-state index in [2.05, 4.69) is 51.2 Å². The van der Waals surface area contributed by atoms with Crippen molar-refractivity contribution in [2.24, 2.45) is 0 Å². The van der Waals surface area contributed by atoms with Gasteiger partial charge in [0, 0.05) is 27.6 Å². The second-order valence-electron chi connectivity index (χ2n) is 7.66. The Morgan fingerprint density at radius 1 is 0.735 bits per heavy atom. The summed E-state index contributed by atoms with van der Waals surface area (Å²) in [6.07, 6.45) is 0. The predicted molar refractivity (Wildman–Crippen MR) is 139 cm³/mol. The van der Waals surface area contributed by atoms with E-state index >= 15 is 0 Å². The number of benzene rings is 4. The van der Waals surface area contributed by atoms with Gasteiger partial charge in [0.1, 0.15) is 12.4 Å². The van der Waals surface area contributed by atoms with Crippen molar-refractivity contribution >= 4 is 23.4 Å². The third-order valence-corrected chi connectivity index (χ3v) is 6.69. The monoisotopic (exact) mass is 483 g/mol. The van der Waals surface area contributed by atoms with E-state index in [1.165, 1.54) is 5.56 Å². The fourth-order valence-electron chi connectivity index (χ4n) is 3.56. The quantitative estimate of drug-likeness (QED) is 0.215. The van der Waals surface area contributed by atoms with Crippen molar-refractivity contribution in [2.45, 2.75) is 17.5 Å². The Kier molecular flexibility index (Phi) is 6.94. The fraction of sp³-hybridized carbons (Fsp3) is 0.0714. The highest BCUT2D eigenvalue weighted by Crippen LogP contribution is 2.30. The molecule has 0 spiro atoms.